The smallest absolute Gasteiger partial charge is 0.308 e. The van der Waals surface area contributed by atoms with Crippen LogP contribution in [-0.2, 0) is 22.4 Å². The van der Waals surface area contributed by atoms with E-state index in [2.05, 4.69) is 52.2 Å². The first-order chi connectivity index (χ1) is 17.3. The Labute approximate surface area is 223 Å². The second-order valence-electron chi connectivity index (χ2n) is 9.08. The zero-order chi connectivity index (χ0) is 27.1. The second-order valence-corrected chi connectivity index (χ2v) is 9.29. The fourth-order valence-electron chi connectivity index (χ4n) is 4.30. The number of thiocarbonyl (C=S) groups is 1. The van der Waals surface area contributed by atoms with Crippen LogP contribution in [0.15, 0.2) is 40.7 Å². The van der Waals surface area contributed by atoms with Crippen molar-refractivity contribution in [2.24, 2.45) is 11.0 Å². The van der Waals surface area contributed by atoms with Crippen LogP contribution >= 0.6 is 12.2 Å². The van der Waals surface area contributed by atoms with E-state index in [1.165, 1.54) is 37.5 Å². The third kappa shape index (κ3) is 9.41. The lowest BCUT2D eigenvalue weighted by Gasteiger charge is -2.28. The van der Waals surface area contributed by atoms with E-state index in [9.17, 15) is 9.90 Å². The number of benzene rings is 1. The molecule has 1 saturated heterocycles. The summed E-state index contributed by atoms with van der Waals surface area (Å²) in [5.41, 5.74) is 10.8. The fourth-order valence-corrected chi connectivity index (χ4v) is 4.51. The van der Waals surface area contributed by atoms with Gasteiger partial charge in [-0.1, -0.05) is 56.8 Å². The van der Waals surface area contributed by atoms with Gasteiger partial charge in [0.2, 0.25) is 0 Å². The molecule has 0 spiro atoms. The van der Waals surface area contributed by atoms with Crippen molar-refractivity contribution in [3.63, 3.8) is 0 Å². The molecule has 200 valence electrons. The van der Waals surface area contributed by atoms with Gasteiger partial charge in [-0.25, -0.2) is 0 Å². The molecule has 0 saturated carbocycles. The molecule has 1 heterocycles. The number of hydrazone groups is 1. The Balaban J connectivity index is 0.000000365. The summed E-state index contributed by atoms with van der Waals surface area (Å²) in [4.78, 5) is 13.1. The largest absolute Gasteiger partial charge is 0.507 e. The van der Waals surface area contributed by atoms with Crippen LogP contribution in [0.3, 0.4) is 0 Å². The SMILES string of the molecule is C/C=C(C(\O)=C(/C)c1ccc2c(c1)CCC2)/C(C)=N/NC.CCC.COC(=O)C1CCN(C=S)CC1. The highest BCUT2D eigenvalue weighted by Gasteiger charge is 2.24. The number of fused-ring (bicyclic) bond motifs is 1. The number of ether oxygens (including phenoxy) is 1. The predicted octanol–water partition coefficient (Wildman–Crippen LogP) is 6.25. The Morgan fingerprint density at radius 1 is 1.22 bits per heavy atom. The van der Waals surface area contributed by atoms with Gasteiger partial charge in [0.15, 0.2) is 0 Å². The van der Waals surface area contributed by atoms with Crippen molar-refractivity contribution in [2.75, 3.05) is 27.2 Å². The summed E-state index contributed by atoms with van der Waals surface area (Å²) in [5.74, 6) is 0.298. The van der Waals surface area contributed by atoms with Gasteiger partial charge in [-0.2, -0.15) is 5.10 Å². The van der Waals surface area contributed by atoms with E-state index in [0.29, 0.717) is 5.76 Å². The summed E-state index contributed by atoms with van der Waals surface area (Å²) >= 11 is 4.79. The van der Waals surface area contributed by atoms with Gasteiger partial charge in [-0.15, -0.1) is 0 Å². The van der Waals surface area contributed by atoms with Crippen LogP contribution < -0.4 is 5.43 Å². The van der Waals surface area contributed by atoms with Gasteiger partial charge in [0.1, 0.15) is 5.76 Å². The zero-order valence-corrected chi connectivity index (χ0v) is 24.0. The number of carbonyl (C=O) groups is 1. The Bertz CT molecular complexity index is 945. The number of carbonyl (C=O) groups excluding carboxylic acids is 1. The zero-order valence-electron chi connectivity index (χ0n) is 23.2. The van der Waals surface area contributed by atoms with E-state index in [4.69, 9.17) is 12.2 Å². The number of likely N-dealkylation sites (tertiary alicyclic amines) is 1. The van der Waals surface area contributed by atoms with Crippen molar-refractivity contribution in [2.45, 2.75) is 73.1 Å². The summed E-state index contributed by atoms with van der Waals surface area (Å²) in [6.07, 6.45) is 8.43. The van der Waals surface area contributed by atoms with Crippen LogP contribution in [0, 0.1) is 5.92 Å². The monoisotopic (exact) mass is 515 g/mol. The molecule has 3 rings (SSSR count). The topological polar surface area (TPSA) is 74.2 Å². The molecule has 0 unspecified atom stereocenters. The number of allylic oxidation sites excluding steroid dienone is 3. The lowest BCUT2D eigenvalue weighted by Crippen LogP contribution is -2.35. The fraction of sp³-hybridized carbons (Fsp3) is 0.552. The summed E-state index contributed by atoms with van der Waals surface area (Å²) < 4.78 is 4.66. The van der Waals surface area contributed by atoms with E-state index < -0.39 is 0 Å². The minimum Gasteiger partial charge on any atom is -0.507 e. The highest BCUT2D eigenvalue weighted by molar-refractivity contribution is 7.78. The summed E-state index contributed by atoms with van der Waals surface area (Å²) in [6.45, 7) is 11.8. The van der Waals surface area contributed by atoms with Gasteiger partial charge < -0.3 is 20.2 Å². The molecule has 7 heteroatoms. The highest BCUT2D eigenvalue weighted by Crippen LogP contribution is 2.28. The van der Waals surface area contributed by atoms with Crippen molar-refractivity contribution in [3.8, 4) is 0 Å². The Morgan fingerprint density at radius 2 is 1.83 bits per heavy atom. The Kier molecular flexibility index (Phi) is 14.7. The maximum absolute atomic E-state index is 11.1. The number of aryl methyl sites for hydroxylation is 2. The highest BCUT2D eigenvalue weighted by atomic mass is 32.1. The van der Waals surface area contributed by atoms with E-state index in [-0.39, 0.29) is 11.9 Å². The van der Waals surface area contributed by atoms with Crippen molar-refractivity contribution in [1.82, 2.24) is 10.3 Å². The number of piperidine rings is 1. The standard InChI is InChI=1S/C18H24N2O.C8H13NO2S.C3H8/c1-5-17(13(3)20-19-4)18(21)12(2)15-10-9-14-7-6-8-16(14)11-15;1-11-8(10)7-2-4-9(6-12)5-3-7;1-3-2/h5,9-11,19,21H,6-8H2,1-4H3;6-7H,2-5H2,1H3;3H2,1-2H3/b17-5-,18-12-,20-13+;;. The predicted molar refractivity (Wildman–Crippen MR) is 156 cm³/mol. The lowest BCUT2D eigenvalue weighted by atomic mass is 9.97. The van der Waals surface area contributed by atoms with E-state index >= 15 is 0 Å². The van der Waals surface area contributed by atoms with Crippen molar-refractivity contribution in [1.29, 1.82) is 0 Å². The van der Waals surface area contributed by atoms with Crippen molar-refractivity contribution >= 4 is 35.0 Å². The normalized spacial score (nSPS) is 16.5. The first-order valence-corrected chi connectivity index (χ1v) is 13.4. The molecule has 0 atom stereocenters. The number of methoxy groups -OCH3 is 1. The number of aliphatic hydroxyl groups is 1. The molecule has 1 fully saturated rings. The average molecular weight is 516 g/mol. The van der Waals surface area contributed by atoms with Crippen LogP contribution in [-0.4, -0.2) is 54.4 Å². The number of hydrogen-bond donors (Lipinski definition) is 2. The molecule has 1 aromatic rings. The first-order valence-electron chi connectivity index (χ1n) is 12.9. The van der Waals surface area contributed by atoms with E-state index in [1.54, 1.807) is 12.5 Å². The second kappa shape index (κ2) is 16.9. The molecular weight excluding hydrogens is 470 g/mol. The van der Waals surface area contributed by atoms with Gasteiger partial charge in [-0.05, 0) is 75.1 Å². The maximum Gasteiger partial charge on any atom is 0.308 e. The number of nitrogens with zero attached hydrogens (tertiary/aromatic N) is 2. The van der Waals surface area contributed by atoms with Gasteiger partial charge in [-0.3, -0.25) is 4.79 Å². The van der Waals surface area contributed by atoms with Crippen LogP contribution in [0.25, 0.3) is 5.57 Å². The molecule has 2 N–H and O–H groups in total. The van der Waals surface area contributed by atoms with E-state index in [1.807, 2.05) is 26.8 Å². The lowest BCUT2D eigenvalue weighted by molar-refractivity contribution is -0.146. The average Bonchev–Trinajstić information content (AvgIpc) is 3.37. The third-order valence-electron chi connectivity index (χ3n) is 6.31. The maximum atomic E-state index is 11.1. The van der Waals surface area contributed by atoms with E-state index in [0.717, 1.165) is 54.8 Å². The number of hydrogen-bond acceptors (Lipinski definition) is 6. The van der Waals surface area contributed by atoms with Crippen LogP contribution in [0.4, 0.5) is 0 Å². The number of nitrogens with one attached hydrogen (secondary N) is 1. The minimum absolute atomic E-state index is 0.0842. The molecule has 2 aliphatic rings. The molecule has 0 radical (unpaired) electrons. The molecule has 1 aromatic carbocycles. The molecular formula is C29H45N3O3S. The first kappa shape index (κ1) is 31.4. The Hall–Kier alpha value is -2.67. The van der Waals surface area contributed by atoms with Gasteiger partial charge in [0.25, 0.3) is 0 Å². The molecule has 1 aliphatic heterocycles. The number of rotatable bonds is 6. The minimum atomic E-state index is -0.0842. The quantitative estimate of drug-likeness (QED) is 0.116. The summed E-state index contributed by atoms with van der Waals surface area (Å²) in [6, 6.07) is 6.51. The number of esters is 1. The van der Waals surface area contributed by atoms with Gasteiger partial charge in [0.05, 0.1) is 24.2 Å². The van der Waals surface area contributed by atoms with Crippen LogP contribution in [0.2, 0.25) is 0 Å². The molecule has 1 aliphatic carbocycles. The van der Waals surface area contributed by atoms with Crippen LogP contribution in [0.1, 0.15) is 77.0 Å². The molecule has 0 bridgehead atoms. The Morgan fingerprint density at radius 3 is 2.36 bits per heavy atom. The van der Waals surface area contributed by atoms with Crippen LogP contribution in [0.5, 0.6) is 0 Å². The third-order valence-corrected chi connectivity index (χ3v) is 6.61. The molecule has 0 aromatic heterocycles. The van der Waals surface area contributed by atoms with Gasteiger partial charge in [0, 0.05) is 25.7 Å². The van der Waals surface area contributed by atoms with Crippen molar-refractivity contribution in [3.05, 3.63) is 52.3 Å². The number of aliphatic hydroxyl groups excluding tert-OH is 1. The molecule has 6 nitrogen and oxygen atoms in total. The molecule has 36 heavy (non-hydrogen) atoms. The summed E-state index contributed by atoms with van der Waals surface area (Å²) in [7, 11) is 3.19. The molecule has 0 amide bonds. The van der Waals surface area contributed by atoms with Gasteiger partial charge >= 0.3 is 5.97 Å². The summed E-state index contributed by atoms with van der Waals surface area (Å²) in [5, 5.41) is 14.7. The van der Waals surface area contributed by atoms with Crippen molar-refractivity contribution < 1.29 is 14.6 Å².